The summed E-state index contributed by atoms with van der Waals surface area (Å²) in [6.45, 7) is 3.87. The van der Waals surface area contributed by atoms with Crippen LogP contribution in [0.3, 0.4) is 0 Å². The van der Waals surface area contributed by atoms with Gasteiger partial charge in [-0.3, -0.25) is 4.79 Å². The average molecular weight is 230 g/mol. The number of carbonyl (C=O) groups is 1. The van der Waals surface area contributed by atoms with E-state index in [1.807, 2.05) is 24.3 Å². The number of aromatic nitrogens is 1. The number of aryl methyl sites for hydroxylation is 2. The molecule has 1 heterocycles. The van der Waals surface area contributed by atoms with Crippen LogP contribution in [0, 0.1) is 6.92 Å². The number of amides is 1. The summed E-state index contributed by atoms with van der Waals surface area (Å²) < 4.78 is 4.73. The van der Waals surface area contributed by atoms with Crippen LogP contribution in [0.15, 0.2) is 35.1 Å². The highest BCUT2D eigenvalue weighted by Crippen LogP contribution is 2.12. The lowest BCUT2D eigenvalue weighted by Crippen LogP contribution is -2.13. The fourth-order valence-electron chi connectivity index (χ4n) is 1.52. The van der Waals surface area contributed by atoms with E-state index in [0.717, 1.165) is 17.7 Å². The molecule has 1 amide bonds. The molecule has 0 saturated carbocycles. The van der Waals surface area contributed by atoms with Crippen LogP contribution in [0.2, 0.25) is 0 Å². The van der Waals surface area contributed by atoms with Crippen LogP contribution in [-0.2, 0) is 6.42 Å². The van der Waals surface area contributed by atoms with Gasteiger partial charge in [-0.15, -0.1) is 0 Å². The maximum Gasteiger partial charge on any atom is 0.278 e. The van der Waals surface area contributed by atoms with E-state index < -0.39 is 0 Å². The van der Waals surface area contributed by atoms with Gasteiger partial charge in [0.15, 0.2) is 5.69 Å². The van der Waals surface area contributed by atoms with Crippen molar-refractivity contribution >= 4 is 11.6 Å². The van der Waals surface area contributed by atoms with Gasteiger partial charge in [0.1, 0.15) is 6.26 Å². The lowest BCUT2D eigenvalue weighted by molar-refractivity contribution is 0.101. The van der Waals surface area contributed by atoms with Crippen molar-refractivity contribution in [3.05, 3.63) is 47.3 Å². The Labute approximate surface area is 99.6 Å². The molecule has 4 heteroatoms. The average Bonchev–Trinajstić information content (AvgIpc) is 2.76. The number of hydrogen-bond donors (Lipinski definition) is 1. The van der Waals surface area contributed by atoms with E-state index in [9.17, 15) is 4.79 Å². The second-order valence-electron chi connectivity index (χ2n) is 3.85. The summed E-state index contributed by atoms with van der Waals surface area (Å²) in [4.78, 5) is 11.8. The maximum absolute atomic E-state index is 11.8. The van der Waals surface area contributed by atoms with Gasteiger partial charge in [0.25, 0.3) is 5.91 Å². The molecule has 0 aliphatic heterocycles. The first-order chi connectivity index (χ1) is 8.20. The molecule has 0 saturated heterocycles. The SMILES string of the molecule is CCc1ccc(NC(=O)c2nocc2C)cc1. The zero-order valence-corrected chi connectivity index (χ0v) is 9.86. The molecule has 0 radical (unpaired) electrons. The zero-order chi connectivity index (χ0) is 12.3. The Morgan fingerprint density at radius 1 is 1.35 bits per heavy atom. The van der Waals surface area contributed by atoms with E-state index >= 15 is 0 Å². The standard InChI is InChI=1S/C13H14N2O2/c1-3-10-4-6-11(7-5-10)14-13(16)12-9(2)8-17-15-12/h4-8H,3H2,1-2H3,(H,14,16). The van der Waals surface area contributed by atoms with E-state index in [-0.39, 0.29) is 5.91 Å². The van der Waals surface area contributed by atoms with Gasteiger partial charge in [0.05, 0.1) is 0 Å². The molecule has 0 spiro atoms. The Morgan fingerprint density at radius 3 is 2.59 bits per heavy atom. The molecule has 0 fully saturated rings. The fraction of sp³-hybridized carbons (Fsp3) is 0.231. The van der Waals surface area contributed by atoms with Crippen LogP contribution in [0.5, 0.6) is 0 Å². The van der Waals surface area contributed by atoms with Crippen LogP contribution in [0.4, 0.5) is 5.69 Å². The van der Waals surface area contributed by atoms with Crippen LogP contribution >= 0.6 is 0 Å². The number of rotatable bonds is 3. The summed E-state index contributed by atoms with van der Waals surface area (Å²) in [5.74, 6) is -0.250. The molecular formula is C13H14N2O2. The quantitative estimate of drug-likeness (QED) is 0.882. The van der Waals surface area contributed by atoms with Crippen molar-refractivity contribution in [3.63, 3.8) is 0 Å². The second-order valence-corrected chi connectivity index (χ2v) is 3.85. The summed E-state index contributed by atoms with van der Waals surface area (Å²) in [5, 5.41) is 6.43. The third-order valence-electron chi connectivity index (χ3n) is 2.58. The van der Waals surface area contributed by atoms with Crippen molar-refractivity contribution in [3.8, 4) is 0 Å². The second kappa shape index (κ2) is 4.82. The Morgan fingerprint density at radius 2 is 2.06 bits per heavy atom. The molecule has 4 nitrogen and oxygen atoms in total. The van der Waals surface area contributed by atoms with Crippen LogP contribution < -0.4 is 5.32 Å². The Bertz CT molecular complexity index is 514. The van der Waals surface area contributed by atoms with Gasteiger partial charge < -0.3 is 9.84 Å². The summed E-state index contributed by atoms with van der Waals surface area (Å²) in [5.41, 5.74) is 3.05. The number of anilines is 1. The normalized spacial score (nSPS) is 10.2. The maximum atomic E-state index is 11.8. The van der Waals surface area contributed by atoms with Crippen molar-refractivity contribution in [1.82, 2.24) is 5.16 Å². The smallest absolute Gasteiger partial charge is 0.278 e. The highest BCUT2D eigenvalue weighted by molar-refractivity contribution is 6.03. The van der Waals surface area contributed by atoms with Gasteiger partial charge in [0, 0.05) is 11.3 Å². The largest absolute Gasteiger partial charge is 0.364 e. The Balaban J connectivity index is 2.10. The van der Waals surface area contributed by atoms with Crippen LogP contribution in [0.25, 0.3) is 0 Å². The molecule has 1 aromatic carbocycles. The lowest BCUT2D eigenvalue weighted by Gasteiger charge is -2.04. The predicted molar refractivity (Wildman–Crippen MR) is 65.0 cm³/mol. The molecule has 0 atom stereocenters. The number of carbonyl (C=O) groups excluding carboxylic acids is 1. The molecule has 88 valence electrons. The minimum absolute atomic E-state index is 0.250. The highest BCUT2D eigenvalue weighted by atomic mass is 16.5. The molecule has 17 heavy (non-hydrogen) atoms. The summed E-state index contributed by atoms with van der Waals surface area (Å²) in [6.07, 6.45) is 2.44. The van der Waals surface area contributed by atoms with Crippen molar-refractivity contribution in [2.75, 3.05) is 5.32 Å². The van der Waals surface area contributed by atoms with Gasteiger partial charge in [-0.1, -0.05) is 24.2 Å². The molecule has 0 bridgehead atoms. The Kier molecular flexibility index (Phi) is 3.23. The minimum Gasteiger partial charge on any atom is -0.364 e. The van der Waals surface area contributed by atoms with E-state index in [2.05, 4.69) is 17.4 Å². The molecule has 2 aromatic rings. The third kappa shape index (κ3) is 2.53. The summed E-state index contributed by atoms with van der Waals surface area (Å²) >= 11 is 0. The molecule has 2 rings (SSSR count). The predicted octanol–water partition coefficient (Wildman–Crippen LogP) is 2.80. The number of nitrogens with zero attached hydrogens (tertiary/aromatic N) is 1. The molecule has 1 N–H and O–H groups in total. The van der Waals surface area contributed by atoms with Crippen molar-refractivity contribution in [2.24, 2.45) is 0 Å². The topological polar surface area (TPSA) is 55.1 Å². The van der Waals surface area contributed by atoms with Gasteiger partial charge in [-0.2, -0.15) is 0 Å². The van der Waals surface area contributed by atoms with E-state index in [1.165, 1.54) is 11.8 Å². The molecule has 1 aromatic heterocycles. The summed E-state index contributed by atoms with van der Waals surface area (Å²) in [7, 11) is 0. The van der Waals surface area contributed by atoms with Crippen LogP contribution in [0.1, 0.15) is 28.5 Å². The van der Waals surface area contributed by atoms with Gasteiger partial charge in [-0.25, -0.2) is 0 Å². The van der Waals surface area contributed by atoms with Crippen molar-refractivity contribution in [1.29, 1.82) is 0 Å². The van der Waals surface area contributed by atoms with Gasteiger partial charge >= 0.3 is 0 Å². The highest BCUT2D eigenvalue weighted by Gasteiger charge is 2.13. The fourth-order valence-corrected chi connectivity index (χ4v) is 1.52. The monoisotopic (exact) mass is 230 g/mol. The third-order valence-corrected chi connectivity index (χ3v) is 2.58. The molecule has 0 unspecified atom stereocenters. The number of nitrogens with one attached hydrogen (secondary N) is 1. The van der Waals surface area contributed by atoms with E-state index in [1.54, 1.807) is 6.92 Å². The zero-order valence-electron chi connectivity index (χ0n) is 9.86. The van der Waals surface area contributed by atoms with Gasteiger partial charge in [0.2, 0.25) is 0 Å². The van der Waals surface area contributed by atoms with Crippen molar-refractivity contribution in [2.45, 2.75) is 20.3 Å². The van der Waals surface area contributed by atoms with E-state index in [4.69, 9.17) is 4.52 Å². The molecule has 0 aliphatic rings. The Hall–Kier alpha value is -2.10. The molecular weight excluding hydrogens is 216 g/mol. The first kappa shape index (κ1) is 11.4. The minimum atomic E-state index is -0.250. The van der Waals surface area contributed by atoms with Crippen molar-refractivity contribution < 1.29 is 9.32 Å². The summed E-state index contributed by atoms with van der Waals surface area (Å²) in [6, 6.07) is 7.74. The number of benzene rings is 1. The van der Waals surface area contributed by atoms with Crippen LogP contribution in [-0.4, -0.2) is 11.1 Å². The molecule has 0 aliphatic carbocycles. The van der Waals surface area contributed by atoms with Gasteiger partial charge in [-0.05, 0) is 31.0 Å². The number of hydrogen-bond acceptors (Lipinski definition) is 3. The first-order valence-electron chi connectivity index (χ1n) is 5.52. The lowest BCUT2D eigenvalue weighted by atomic mass is 10.1. The van der Waals surface area contributed by atoms with E-state index in [0.29, 0.717) is 5.69 Å². The first-order valence-corrected chi connectivity index (χ1v) is 5.52.